The van der Waals surface area contributed by atoms with Crippen LogP contribution in [0.3, 0.4) is 0 Å². The number of phenols is 1. The molecule has 1 amide bonds. The third-order valence-corrected chi connectivity index (χ3v) is 3.97. The Hall–Kier alpha value is -3.83. The number of carbonyl (C=O) groups is 1. The largest absolute Gasteiger partial charge is 0.502 e. The Morgan fingerprint density at radius 2 is 1.62 bits per heavy atom. The van der Waals surface area contributed by atoms with E-state index in [1.165, 1.54) is 13.0 Å². The van der Waals surface area contributed by atoms with Crippen LogP contribution in [0.25, 0.3) is 6.08 Å². The van der Waals surface area contributed by atoms with E-state index >= 15 is 0 Å². The van der Waals surface area contributed by atoms with Gasteiger partial charge in [0.2, 0.25) is 5.82 Å². The van der Waals surface area contributed by atoms with Crippen molar-refractivity contribution in [3.8, 4) is 5.75 Å². The van der Waals surface area contributed by atoms with Gasteiger partial charge in [-0.1, -0.05) is 6.07 Å². The molecule has 0 aromatic heterocycles. The van der Waals surface area contributed by atoms with Gasteiger partial charge in [0.05, 0.1) is 16.2 Å². The molecule has 0 aliphatic carbocycles. The van der Waals surface area contributed by atoms with Gasteiger partial charge < -0.3 is 5.11 Å². The van der Waals surface area contributed by atoms with Crippen LogP contribution in [0, 0.1) is 39.2 Å². The minimum Gasteiger partial charge on any atom is -0.502 e. The third-order valence-electron chi connectivity index (χ3n) is 3.97. The lowest BCUT2D eigenvalue weighted by Gasteiger charge is -2.15. The first kappa shape index (κ1) is 19.9. The van der Waals surface area contributed by atoms with Gasteiger partial charge in [-0.3, -0.25) is 14.9 Å². The van der Waals surface area contributed by atoms with Crippen molar-refractivity contribution in [2.24, 2.45) is 5.10 Å². The van der Waals surface area contributed by atoms with Crippen LogP contribution in [0.2, 0.25) is 0 Å². The second-order valence-electron chi connectivity index (χ2n) is 5.78. The second kappa shape index (κ2) is 6.96. The molecule has 2 aromatic rings. The van der Waals surface area contributed by atoms with Crippen molar-refractivity contribution in [1.29, 1.82) is 0 Å². The summed E-state index contributed by atoms with van der Waals surface area (Å²) in [4.78, 5) is 22.5. The smallest absolute Gasteiger partial charge is 0.311 e. The van der Waals surface area contributed by atoms with Crippen LogP contribution in [0.1, 0.15) is 12.5 Å². The molecule has 150 valence electrons. The van der Waals surface area contributed by atoms with E-state index in [9.17, 15) is 42.0 Å². The third kappa shape index (κ3) is 3.17. The average Bonchev–Trinajstić information content (AvgIpc) is 2.94. The number of anilines is 1. The fourth-order valence-corrected chi connectivity index (χ4v) is 2.56. The number of benzene rings is 2. The standard InChI is InChI=1S/C17H8F5N3O4/c1-6-8(4-7-2-3-10(26)9(5-7)25(28)29)17(27)24(23-6)16-14(21)12(19)11(18)13(20)15(16)22/h2-5,26H,1H3/b8-4+. The number of hydrogen-bond acceptors (Lipinski definition) is 5. The summed E-state index contributed by atoms with van der Waals surface area (Å²) < 4.78 is 68.0. The first-order valence-electron chi connectivity index (χ1n) is 7.65. The van der Waals surface area contributed by atoms with E-state index in [0.29, 0.717) is 0 Å². The van der Waals surface area contributed by atoms with Crippen molar-refractivity contribution >= 4 is 29.1 Å². The number of hydrazone groups is 1. The van der Waals surface area contributed by atoms with Crippen molar-refractivity contribution in [1.82, 2.24) is 0 Å². The summed E-state index contributed by atoms with van der Waals surface area (Å²) in [6, 6.07) is 3.11. The van der Waals surface area contributed by atoms with Crippen molar-refractivity contribution in [3.05, 3.63) is 68.5 Å². The Bertz CT molecular complexity index is 1120. The molecule has 2 aromatic carbocycles. The lowest BCUT2D eigenvalue weighted by atomic mass is 10.1. The van der Waals surface area contributed by atoms with Crippen LogP contribution in [0.5, 0.6) is 5.75 Å². The number of amides is 1. The van der Waals surface area contributed by atoms with Crippen molar-refractivity contribution in [2.75, 3.05) is 5.01 Å². The topological polar surface area (TPSA) is 96.0 Å². The fourth-order valence-electron chi connectivity index (χ4n) is 2.56. The van der Waals surface area contributed by atoms with Gasteiger partial charge in [0.25, 0.3) is 5.91 Å². The normalized spacial score (nSPS) is 15.2. The van der Waals surface area contributed by atoms with Crippen LogP contribution in [-0.2, 0) is 4.79 Å². The van der Waals surface area contributed by atoms with Gasteiger partial charge in [0.15, 0.2) is 29.0 Å². The summed E-state index contributed by atoms with van der Waals surface area (Å²) in [5.74, 6) is -13.2. The minimum absolute atomic E-state index is 0.0201. The number of carbonyl (C=O) groups excluding carboxylic acids is 1. The van der Waals surface area contributed by atoms with E-state index in [-0.39, 0.29) is 21.9 Å². The molecule has 0 spiro atoms. The highest BCUT2D eigenvalue weighted by atomic mass is 19.2. The first-order chi connectivity index (χ1) is 13.5. The molecule has 1 aliphatic rings. The predicted octanol–water partition coefficient (Wildman–Crippen LogP) is 3.80. The molecule has 12 heteroatoms. The zero-order valence-electron chi connectivity index (χ0n) is 14.2. The fraction of sp³-hybridized carbons (Fsp3) is 0.0588. The number of halogens is 5. The van der Waals surface area contributed by atoms with Crippen molar-refractivity contribution < 1.29 is 36.8 Å². The van der Waals surface area contributed by atoms with Crippen molar-refractivity contribution in [3.63, 3.8) is 0 Å². The lowest BCUT2D eigenvalue weighted by molar-refractivity contribution is -0.385. The Morgan fingerprint density at radius 1 is 1.07 bits per heavy atom. The number of aromatic hydroxyl groups is 1. The van der Waals surface area contributed by atoms with Gasteiger partial charge in [0, 0.05) is 6.07 Å². The highest BCUT2D eigenvalue weighted by Crippen LogP contribution is 2.34. The van der Waals surface area contributed by atoms with Crippen LogP contribution >= 0.6 is 0 Å². The highest BCUT2D eigenvalue weighted by molar-refractivity contribution is 6.32. The molecule has 0 radical (unpaired) electrons. The molecule has 1 N–H and O–H groups in total. The van der Waals surface area contributed by atoms with Crippen LogP contribution < -0.4 is 5.01 Å². The van der Waals surface area contributed by atoms with E-state index in [1.54, 1.807) is 0 Å². The molecule has 0 atom stereocenters. The Morgan fingerprint density at radius 3 is 2.17 bits per heavy atom. The maximum absolute atomic E-state index is 14.0. The Kier molecular flexibility index (Phi) is 4.78. The van der Waals surface area contributed by atoms with Gasteiger partial charge in [-0.2, -0.15) is 10.1 Å². The lowest BCUT2D eigenvalue weighted by Crippen LogP contribution is -2.25. The van der Waals surface area contributed by atoms with E-state index < -0.39 is 57.0 Å². The maximum atomic E-state index is 14.0. The zero-order chi connectivity index (χ0) is 21.6. The predicted molar refractivity (Wildman–Crippen MR) is 89.6 cm³/mol. The van der Waals surface area contributed by atoms with Gasteiger partial charge in [0.1, 0.15) is 5.69 Å². The van der Waals surface area contributed by atoms with Crippen LogP contribution in [-0.4, -0.2) is 21.6 Å². The number of nitro benzene ring substituents is 1. The van der Waals surface area contributed by atoms with E-state index in [0.717, 1.165) is 18.2 Å². The van der Waals surface area contributed by atoms with Gasteiger partial charge in [-0.05, 0) is 24.6 Å². The summed E-state index contributed by atoms with van der Waals surface area (Å²) in [7, 11) is 0. The van der Waals surface area contributed by atoms with Gasteiger partial charge in [-0.25, -0.2) is 22.0 Å². The SMILES string of the molecule is CC1=NN(c2c(F)c(F)c(F)c(F)c2F)C(=O)/C1=C/c1ccc(O)c([N+](=O)[O-])c1. The molecule has 0 saturated carbocycles. The quantitative estimate of drug-likeness (QED) is 0.207. The number of phenolic OH excluding ortho intramolecular Hbond substituents is 1. The zero-order valence-corrected chi connectivity index (χ0v) is 14.2. The van der Waals surface area contributed by atoms with E-state index in [1.807, 2.05) is 0 Å². The Labute approximate surface area is 158 Å². The minimum atomic E-state index is -2.39. The van der Waals surface area contributed by atoms with Crippen LogP contribution in [0.4, 0.5) is 33.3 Å². The molecular weight excluding hydrogens is 405 g/mol. The monoisotopic (exact) mass is 413 g/mol. The molecule has 0 saturated heterocycles. The molecule has 0 unspecified atom stereocenters. The molecule has 0 bridgehead atoms. The number of nitrogens with zero attached hydrogens (tertiary/aromatic N) is 3. The molecule has 7 nitrogen and oxygen atoms in total. The Balaban J connectivity index is 2.09. The van der Waals surface area contributed by atoms with Crippen molar-refractivity contribution in [2.45, 2.75) is 6.92 Å². The molecule has 1 aliphatic heterocycles. The molecule has 1 heterocycles. The summed E-state index contributed by atoms with van der Waals surface area (Å²) in [5.41, 5.74) is -2.63. The average molecular weight is 413 g/mol. The highest BCUT2D eigenvalue weighted by Gasteiger charge is 2.37. The number of nitro groups is 1. The summed E-state index contributed by atoms with van der Waals surface area (Å²) >= 11 is 0. The molecule has 3 rings (SSSR count). The summed E-state index contributed by atoms with van der Waals surface area (Å²) in [5, 5.41) is 23.9. The second-order valence-corrected chi connectivity index (χ2v) is 5.78. The van der Waals surface area contributed by atoms with E-state index in [2.05, 4.69) is 5.10 Å². The molecule has 0 fully saturated rings. The van der Waals surface area contributed by atoms with Crippen LogP contribution in [0.15, 0.2) is 28.9 Å². The summed E-state index contributed by atoms with van der Waals surface area (Å²) in [6.45, 7) is 1.23. The summed E-state index contributed by atoms with van der Waals surface area (Å²) in [6.07, 6.45) is 1.06. The molecule has 29 heavy (non-hydrogen) atoms. The van der Waals surface area contributed by atoms with Gasteiger partial charge >= 0.3 is 5.69 Å². The maximum Gasteiger partial charge on any atom is 0.311 e. The first-order valence-corrected chi connectivity index (χ1v) is 7.65. The van der Waals surface area contributed by atoms with Gasteiger partial charge in [-0.15, -0.1) is 0 Å². The number of hydrogen-bond donors (Lipinski definition) is 1. The number of rotatable bonds is 3. The molecular formula is C17H8F5N3O4. The van der Waals surface area contributed by atoms with E-state index in [4.69, 9.17) is 0 Å².